The van der Waals surface area contributed by atoms with Crippen LogP contribution in [0, 0.1) is 0 Å². The highest BCUT2D eigenvalue weighted by Crippen LogP contribution is 2.26. The topological polar surface area (TPSA) is 86.5 Å². The predicted octanol–water partition coefficient (Wildman–Crippen LogP) is 1.83. The number of ether oxygens (including phenoxy) is 2. The van der Waals surface area contributed by atoms with Crippen LogP contribution in [-0.2, 0) is 17.9 Å². The van der Waals surface area contributed by atoms with Crippen LogP contribution in [0.25, 0.3) is 0 Å². The second-order valence-corrected chi connectivity index (χ2v) is 5.11. The number of aryl methyl sites for hydroxylation is 1. The van der Waals surface area contributed by atoms with E-state index in [1.54, 1.807) is 17.9 Å². The van der Waals surface area contributed by atoms with Crippen LogP contribution in [-0.4, -0.2) is 33.0 Å². The quantitative estimate of drug-likeness (QED) is 0.906. The van der Waals surface area contributed by atoms with Gasteiger partial charge >= 0.3 is 5.97 Å². The molecule has 1 aromatic heterocycles. The minimum Gasteiger partial charge on any atom is -0.497 e. The summed E-state index contributed by atoms with van der Waals surface area (Å²) in [5, 5.41) is 13.6. The third kappa shape index (κ3) is 2.88. The number of methoxy groups -OCH3 is 1. The number of aliphatic carboxylic acids is 1. The van der Waals surface area contributed by atoms with E-state index in [1.807, 2.05) is 18.2 Å². The summed E-state index contributed by atoms with van der Waals surface area (Å²) >= 11 is 0. The minimum absolute atomic E-state index is 0.194. The summed E-state index contributed by atoms with van der Waals surface area (Å²) < 4.78 is 12.4. The van der Waals surface area contributed by atoms with Crippen LogP contribution in [0.3, 0.4) is 0 Å². The van der Waals surface area contributed by atoms with Crippen molar-refractivity contribution < 1.29 is 19.4 Å². The van der Waals surface area contributed by atoms with E-state index in [0.29, 0.717) is 36.1 Å². The Labute approximate surface area is 127 Å². The average molecular weight is 303 g/mol. The van der Waals surface area contributed by atoms with Crippen LogP contribution in [0.4, 0.5) is 0 Å². The predicted molar refractivity (Wildman–Crippen MR) is 77.0 cm³/mol. The molecule has 0 bridgehead atoms. The summed E-state index contributed by atoms with van der Waals surface area (Å²) in [4.78, 5) is 15.6. The molecule has 3 rings (SSSR count). The maximum atomic E-state index is 11.2. The fourth-order valence-corrected chi connectivity index (χ4v) is 2.53. The fourth-order valence-electron chi connectivity index (χ4n) is 2.53. The molecule has 2 heterocycles. The molecule has 0 amide bonds. The first-order chi connectivity index (χ1) is 10.7. The Morgan fingerprint density at radius 2 is 2.27 bits per heavy atom. The van der Waals surface area contributed by atoms with Gasteiger partial charge in [-0.25, -0.2) is 9.67 Å². The van der Waals surface area contributed by atoms with Crippen molar-refractivity contribution in [2.45, 2.75) is 31.9 Å². The first-order valence-corrected chi connectivity index (χ1v) is 7.10. The molecule has 7 nitrogen and oxygen atoms in total. The van der Waals surface area contributed by atoms with E-state index in [0.717, 1.165) is 6.42 Å². The Balaban J connectivity index is 1.72. The van der Waals surface area contributed by atoms with Crippen molar-refractivity contribution in [1.29, 1.82) is 0 Å². The van der Waals surface area contributed by atoms with Gasteiger partial charge in [0.25, 0.3) is 0 Å². The molecule has 1 unspecified atom stereocenters. The summed E-state index contributed by atoms with van der Waals surface area (Å²) in [6.45, 7) is 0.894. The molecule has 22 heavy (non-hydrogen) atoms. The SMILES string of the molecule is COc1cccc(OCc2nc3n(n2)CCCC3C(=O)O)c1. The first-order valence-electron chi connectivity index (χ1n) is 7.10. The second-order valence-electron chi connectivity index (χ2n) is 5.11. The zero-order valence-corrected chi connectivity index (χ0v) is 12.2. The van der Waals surface area contributed by atoms with Gasteiger partial charge in [-0.1, -0.05) is 6.07 Å². The van der Waals surface area contributed by atoms with Crippen molar-refractivity contribution in [2.75, 3.05) is 7.11 Å². The lowest BCUT2D eigenvalue weighted by Crippen LogP contribution is -2.22. The molecule has 0 saturated carbocycles. The summed E-state index contributed by atoms with van der Waals surface area (Å²) in [7, 11) is 1.59. The molecule has 1 aliphatic heterocycles. The normalized spacial score (nSPS) is 16.9. The monoisotopic (exact) mass is 303 g/mol. The van der Waals surface area contributed by atoms with Gasteiger partial charge in [0.05, 0.1) is 7.11 Å². The number of fused-ring (bicyclic) bond motifs is 1. The number of hydrogen-bond donors (Lipinski definition) is 1. The number of nitrogens with zero attached hydrogens (tertiary/aromatic N) is 3. The number of hydrogen-bond acceptors (Lipinski definition) is 5. The van der Waals surface area contributed by atoms with E-state index in [4.69, 9.17) is 9.47 Å². The molecule has 0 aliphatic carbocycles. The number of carboxylic acid groups (broad SMARTS) is 1. The third-order valence-electron chi connectivity index (χ3n) is 3.63. The maximum Gasteiger partial charge on any atom is 0.314 e. The van der Waals surface area contributed by atoms with E-state index in [-0.39, 0.29) is 6.61 Å². The van der Waals surface area contributed by atoms with Crippen LogP contribution in [0.2, 0.25) is 0 Å². The minimum atomic E-state index is -0.853. The lowest BCUT2D eigenvalue weighted by Gasteiger charge is -2.17. The highest BCUT2D eigenvalue weighted by molar-refractivity contribution is 5.75. The van der Waals surface area contributed by atoms with Gasteiger partial charge in [-0.2, -0.15) is 5.10 Å². The van der Waals surface area contributed by atoms with Gasteiger partial charge in [-0.15, -0.1) is 0 Å². The van der Waals surface area contributed by atoms with E-state index in [2.05, 4.69) is 10.1 Å². The van der Waals surface area contributed by atoms with E-state index in [1.165, 1.54) is 0 Å². The summed E-state index contributed by atoms with van der Waals surface area (Å²) in [5.41, 5.74) is 0. The third-order valence-corrected chi connectivity index (χ3v) is 3.63. The molecule has 2 aromatic rings. The van der Waals surface area contributed by atoms with Gasteiger partial charge in [0, 0.05) is 12.6 Å². The maximum absolute atomic E-state index is 11.2. The molecular weight excluding hydrogens is 286 g/mol. The van der Waals surface area contributed by atoms with Gasteiger partial charge in [0.1, 0.15) is 29.8 Å². The summed E-state index contributed by atoms with van der Waals surface area (Å²) in [5.74, 6) is 0.942. The number of rotatable bonds is 5. The molecule has 1 aliphatic rings. The molecule has 116 valence electrons. The number of carboxylic acids is 1. The molecule has 1 N–H and O–H groups in total. The van der Waals surface area contributed by atoms with Crippen molar-refractivity contribution in [2.24, 2.45) is 0 Å². The first kappa shape index (κ1) is 14.4. The van der Waals surface area contributed by atoms with Gasteiger partial charge in [0.2, 0.25) is 0 Å². The Hall–Kier alpha value is -2.57. The lowest BCUT2D eigenvalue weighted by atomic mass is 10.00. The summed E-state index contributed by atoms with van der Waals surface area (Å²) in [6, 6.07) is 7.26. The molecule has 0 spiro atoms. The number of benzene rings is 1. The molecular formula is C15H17N3O4. The number of carbonyl (C=O) groups is 1. The van der Waals surface area contributed by atoms with Crippen molar-refractivity contribution in [3.8, 4) is 11.5 Å². The van der Waals surface area contributed by atoms with E-state index >= 15 is 0 Å². The Morgan fingerprint density at radius 3 is 3.05 bits per heavy atom. The Bertz CT molecular complexity index is 683. The van der Waals surface area contributed by atoms with Gasteiger partial charge < -0.3 is 14.6 Å². The van der Waals surface area contributed by atoms with Crippen molar-refractivity contribution >= 4 is 5.97 Å². The molecule has 1 aromatic carbocycles. The second kappa shape index (κ2) is 6.05. The van der Waals surface area contributed by atoms with Gasteiger partial charge in [-0.3, -0.25) is 4.79 Å². The molecule has 1 atom stereocenters. The molecule has 0 radical (unpaired) electrons. The Kier molecular flexibility index (Phi) is 3.95. The van der Waals surface area contributed by atoms with Crippen molar-refractivity contribution in [3.05, 3.63) is 35.9 Å². The molecule has 0 fully saturated rings. The van der Waals surface area contributed by atoms with E-state index in [9.17, 15) is 9.90 Å². The largest absolute Gasteiger partial charge is 0.497 e. The number of aromatic nitrogens is 3. The highest BCUT2D eigenvalue weighted by Gasteiger charge is 2.29. The van der Waals surface area contributed by atoms with Crippen molar-refractivity contribution in [3.63, 3.8) is 0 Å². The van der Waals surface area contributed by atoms with Crippen LogP contribution >= 0.6 is 0 Å². The van der Waals surface area contributed by atoms with Crippen LogP contribution in [0.15, 0.2) is 24.3 Å². The van der Waals surface area contributed by atoms with Crippen molar-refractivity contribution in [1.82, 2.24) is 14.8 Å². The Morgan fingerprint density at radius 1 is 1.45 bits per heavy atom. The van der Waals surface area contributed by atoms with Gasteiger partial charge in [0.15, 0.2) is 5.82 Å². The standard InChI is InChI=1S/C15H17N3O4/c1-21-10-4-2-5-11(8-10)22-9-13-16-14-12(15(19)20)6-3-7-18(14)17-13/h2,4-5,8,12H,3,6-7,9H2,1H3,(H,19,20). The van der Waals surface area contributed by atoms with Gasteiger partial charge in [-0.05, 0) is 25.0 Å². The van der Waals surface area contributed by atoms with Crippen LogP contribution in [0.5, 0.6) is 11.5 Å². The molecule has 0 saturated heterocycles. The summed E-state index contributed by atoms with van der Waals surface area (Å²) in [6.07, 6.45) is 1.40. The zero-order valence-electron chi connectivity index (χ0n) is 12.2. The zero-order chi connectivity index (χ0) is 15.5. The highest BCUT2D eigenvalue weighted by atomic mass is 16.5. The van der Waals surface area contributed by atoms with Crippen LogP contribution in [0.1, 0.15) is 30.4 Å². The fraction of sp³-hybridized carbons (Fsp3) is 0.400. The lowest BCUT2D eigenvalue weighted by molar-refractivity contribution is -0.139. The smallest absolute Gasteiger partial charge is 0.314 e. The van der Waals surface area contributed by atoms with E-state index < -0.39 is 11.9 Å². The average Bonchev–Trinajstić information content (AvgIpc) is 2.95. The van der Waals surface area contributed by atoms with Crippen LogP contribution < -0.4 is 9.47 Å². The molecule has 7 heteroatoms.